The minimum Gasteiger partial charge on any atom is -0.339 e. The van der Waals surface area contributed by atoms with E-state index in [2.05, 4.69) is 34.6 Å². The number of carbonyl (C=O) groups excluding carboxylic acids is 2. The Balaban J connectivity index is 1.30. The van der Waals surface area contributed by atoms with Gasteiger partial charge in [-0.15, -0.1) is 0 Å². The highest BCUT2D eigenvalue weighted by Gasteiger charge is 2.22. The van der Waals surface area contributed by atoms with Gasteiger partial charge in [-0.05, 0) is 60.4 Å². The van der Waals surface area contributed by atoms with E-state index in [4.69, 9.17) is 0 Å². The first-order valence-electron chi connectivity index (χ1n) is 9.97. The largest absolute Gasteiger partial charge is 0.339 e. The third-order valence-corrected chi connectivity index (χ3v) is 5.58. The number of hydrogen-bond acceptors (Lipinski definition) is 3. The van der Waals surface area contributed by atoms with Gasteiger partial charge in [-0.3, -0.25) is 9.59 Å². The topological polar surface area (TPSA) is 62.3 Å². The van der Waals surface area contributed by atoms with Crippen molar-refractivity contribution in [1.82, 2.24) is 9.88 Å². The smallest absolute Gasteiger partial charge is 0.246 e. The molecule has 5 heteroatoms. The van der Waals surface area contributed by atoms with Gasteiger partial charge < -0.3 is 10.2 Å². The summed E-state index contributed by atoms with van der Waals surface area (Å²) in [5.74, 6) is 1.36. The number of likely N-dealkylation sites (tertiary alicyclic amines) is 1. The van der Waals surface area contributed by atoms with Crippen LogP contribution in [0.4, 0.5) is 5.82 Å². The van der Waals surface area contributed by atoms with Crippen molar-refractivity contribution in [3.8, 4) is 0 Å². The van der Waals surface area contributed by atoms with E-state index in [0.29, 0.717) is 24.6 Å². The summed E-state index contributed by atoms with van der Waals surface area (Å²) in [4.78, 5) is 30.2. The normalized spacial score (nSPS) is 17.4. The van der Waals surface area contributed by atoms with Gasteiger partial charge in [0.2, 0.25) is 11.8 Å². The number of piperidine rings is 1. The number of hydrogen-bond donors (Lipinski definition) is 1. The van der Waals surface area contributed by atoms with Gasteiger partial charge in [0.1, 0.15) is 5.82 Å². The van der Waals surface area contributed by atoms with Crippen molar-refractivity contribution in [1.29, 1.82) is 0 Å². The number of aryl methyl sites for hydroxylation is 1. The molecule has 1 fully saturated rings. The fourth-order valence-corrected chi connectivity index (χ4v) is 3.94. The molecule has 1 N–H and O–H groups in total. The first-order valence-corrected chi connectivity index (χ1v) is 9.97. The molecule has 1 aromatic heterocycles. The lowest BCUT2D eigenvalue weighted by molar-refractivity contribution is -0.127. The molecule has 4 rings (SSSR count). The predicted octanol–water partition coefficient (Wildman–Crippen LogP) is 3.46. The van der Waals surface area contributed by atoms with Crippen LogP contribution in [0.5, 0.6) is 0 Å². The average molecular weight is 375 g/mol. The molecular formula is C23H25N3O2. The summed E-state index contributed by atoms with van der Waals surface area (Å²) >= 11 is 0. The lowest BCUT2D eigenvalue weighted by atomic mass is 9.90. The zero-order valence-corrected chi connectivity index (χ0v) is 15.9. The molecule has 0 unspecified atom stereocenters. The maximum atomic E-state index is 12.5. The first-order chi connectivity index (χ1) is 13.7. The molecule has 28 heavy (non-hydrogen) atoms. The number of pyridine rings is 1. The van der Waals surface area contributed by atoms with Crippen molar-refractivity contribution >= 4 is 23.7 Å². The quantitative estimate of drug-likeness (QED) is 0.833. The van der Waals surface area contributed by atoms with Crippen molar-refractivity contribution in [3.63, 3.8) is 0 Å². The van der Waals surface area contributed by atoms with Gasteiger partial charge in [0.05, 0.1) is 0 Å². The number of nitrogens with zero attached hydrogens (tertiary/aromatic N) is 2. The van der Waals surface area contributed by atoms with E-state index in [0.717, 1.165) is 43.5 Å². The van der Waals surface area contributed by atoms with Crippen LogP contribution in [0.1, 0.15) is 36.0 Å². The van der Waals surface area contributed by atoms with E-state index in [1.807, 2.05) is 23.1 Å². The average Bonchev–Trinajstić information content (AvgIpc) is 2.73. The molecule has 3 heterocycles. The highest BCUT2D eigenvalue weighted by atomic mass is 16.2. The summed E-state index contributed by atoms with van der Waals surface area (Å²) in [6.45, 7) is 1.63. The van der Waals surface area contributed by atoms with E-state index in [1.54, 1.807) is 12.3 Å². The van der Waals surface area contributed by atoms with Gasteiger partial charge in [0.25, 0.3) is 0 Å². The second-order valence-electron chi connectivity index (χ2n) is 7.62. The lowest BCUT2D eigenvalue weighted by Gasteiger charge is -2.31. The van der Waals surface area contributed by atoms with Gasteiger partial charge in [-0.1, -0.05) is 30.3 Å². The minimum atomic E-state index is 0.00846. The van der Waals surface area contributed by atoms with Gasteiger partial charge >= 0.3 is 0 Å². The molecule has 2 amide bonds. The maximum absolute atomic E-state index is 12.5. The number of carbonyl (C=O) groups is 2. The Morgan fingerprint density at radius 1 is 1.18 bits per heavy atom. The van der Waals surface area contributed by atoms with Crippen LogP contribution >= 0.6 is 0 Å². The van der Waals surface area contributed by atoms with Crippen LogP contribution in [-0.4, -0.2) is 34.8 Å². The van der Waals surface area contributed by atoms with Crippen LogP contribution in [0, 0.1) is 5.92 Å². The zero-order valence-electron chi connectivity index (χ0n) is 15.9. The van der Waals surface area contributed by atoms with E-state index < -0.39 is 0 Å². The second-order valence-corrected chi connectivity index (χ2v) is 7.62. The molecule has 5 nitrogen and oxygen atoms in total. The molecule has 2 aromatic rings. The molecule has 1 aromatic carbocycles. The van der Waals surface area contributed by atoms with Gasteiger partial charge in [0.15, 0.2) is 0 Å². The summed E-state index contributed by atoms with van der Waals surface area (Å²) < 4.78 is 0. The number of amides is 2. The van der Waals surface area contributed by atoms with Crippen molar-refractivity contribution in [2.24, 2.45) is 5.92 Å². The Morgan fingerprint density at radius 3 is 2.75 bits per heavy atom. The van der Waals surface area contributed by atoms with Crippen LogP contribution < -0.4 is 5.32 Å². The maximum Gasteiger partial charge on any atom is 0.246 e. The van der Waals surface area contributed by atoms with Crippen molar-refractivity contribution in [2.75, 3.05) is 18.4 Å². The molecular weight excluding hydrogens is 350 g/mol. The summed E-state index contributed by atoms with van der Waals surface area (Å²) in [6, 6.07) is 12.6. The monoisotopic (exact) mass is 375 g/mol. The summed E-state index contributed by atoms with van der Waals surface area (Å²) in [6.07, 6.45) is 9.53. The second kappa shape index (κ2) is 8.38. The number of rotatable bonds is 4. The number of benzene rings is 1. The van der Waals surface area contributed by atoms with Crippen LogP contribution in [0.25, 0.3) is 6.08 Å². The van der Waals surface area contributed by atoms with Gasteiger partial charge in [-0.25, -0.2) is 4.98 Å². The SMILES string of the molecule is O=C1CCc2cc(/C=C/C(=O)N3CCC(Cc4ccccc4)CC3)cnc2N1. The molecule has 0 bridgehead atoms. The lowest BCUT2D eigenvalue weighted by Crippen LogP contribution is -2.37. The predicted molar refractivity (Wildman–Crippen MR) is 110 cm³/mol. The molecule has 144 valence electrons. The van der Waals surface area contributed by atoms with Crippen LogP contribution in [-0.2, 0) is 22.4 Å². The van der Waals surface area contributed by atoms with E-state index in [1.165, 1.54) is 5.56 Å². The third-order valence-electron chi connectivity index (χ3n) is 5.58. The molecule has 0 spiro atoms. The molecule has 0 aliphatic carbocycles. The molecule has 0 saturated carbocycles. The summed E-state index contributed by atoms with van der Waals surface area (Å²) in [5.41, 5.74) is 3.29. The van der Waals surface area contributed by atoms with Crippen LogP contribution in [0.3, 0.4) is 0 Å². The zero-order chi connectivity index (χ0) is 19.3. The Labute approximate surface area is 165 Å². The molecule has 2 aliphatic heterocycles. The highest BCUT2D eigenvalue weighted by molar-refractivity contribution is 5.93. The number of nitrogens with one attached hydrogen (secondary N) is 1. The Kier molecular flexibility index (Phi) is 5.51. The van der Waals surface area contributed by atoms with Crippen LogP contribution in [0.2, 0.25) is 0 Å². The van der Waals surface area contributed by atoms with Crippen molar-refractivity contribution in [2.45, 2.75) is 32.1 Å². The fraction of sp³-hybridized carbons (Fsp3) is 0.348. The molecule has 2 aliphatic rings. The van der Waals surface area contributed by atoms with E-state index in [9.17, 15) is 9.59 Å². The van der Waals surface area contributed by atoms with Crippen molar-refractivity contribution in [3.05, 3.63) is 65.4 Å². The van der Waals surface area contributed by atoms with Gasteiger partial charge in [-0.2, -0.15) is 0 Å². The standard InChI is InChI=1S/C23H25N3O2/c27-21-8-7-20-15-19(16-24-23(20)25-21)6-9-22(28)26-12-10-18(11-13-26)14-17-4-2-1-3-5-17/h1-6,9,15-16,18H,7-8,10-14H2,(H,24,25,27)/b9-6+. The summed E-state index contributed by atoms with van der Waals surface area (Å²) in [7, 11) is 0. The van der Waals surface area contributed by atoms with E-state index >= 15 is 0 Å². The fourth-order valence-electron chi connectivity index (χ4n) is 3.94. The number of fused-ring (bicyclic) bond motifs is 1. The Bertz CT molecular complexity index is 884. The third kappa shape index (κ3) is 4.47. The molecule has 1 saturated heterocycles. The number of anilines is 1. The Morgan fingerprint density at radius 2 is 1.96 bits per heavy atom. The Hall–Kier alpha value is -2.95. The highest BCUT2D eigenvalue weighted by Crippen LogP contribution is 2.23. The molecule has 0 radical (unpaired) electrons. The minimum absolute atomic E-state index is 0.00846. The summed E-state index contributed by atoms with van der Waals surface area (Å²) in [5, 5.41) is 2.78. The first kappa shape index (κ1) is 18.4. The van der Waals surface area contributed by atoms with E-state index in [-0.39, 0.29) is 11.8 Å². The van der Waals surface area contributed by atoms with Crippen LogP contribution in [0.15, 0.2) is 48.7 Å². The van der Waals surface area contributed by atoms with Crippen molar-refractivity contribution < 1.29 is 9.59 Å². The molecule has 0 atom stereocenters. The number of aromatic nitrogens is 1. The van der Waals surface area contributed by atoms with Gasteiger partial charge in [0, 0.05) is 31.8 Å².